The van der Waals surface area contributed by atoms with Gasteiger partial charge in [-0.2, -0.15) is 0 Å². The normalized spacial score (nSPS) is 11.0. The highest BCUT2D eigenvalue weighted by Gasteiger charge is 2.15. The van der Waals surface area contributed by atoms with Crippen LogP contribution in [0.15, 0.2) is 63.3 Å². The number of benzene rings is 1. The molecule has 0 spiro atoms. The zero-order chi connectivity index (χ0) is 18.8. The van der Waals surface area contributed by atoms with Crippen molar-refractivity contribution in [3.63, 3.8) is 0 Å². The SMILES string of the molecule is COc1cc2[nH]c(=O)n(CCc3ccncc3)c(=O)c2cc1-c1cnco1. The van der Waals surface area contributed by atoms with Gasteiger partial charge in [0, 0.05) is 25.0 Å². The lowest BCUT2D eigenvalue weighted by Gasteiger charge is -2.10. The van der Waals surface area contributed by atoms with Crippen molar-refractivity contribution >= 4 is 10.9 Å². The van der Waals surface area contributed by atoms with E-state index in [0.29, 0.717) is 34.4 Å². The third-order valence-corrected chi connectivity index (χ3v) is 4.37. The number of H-pyrrole nitrogens is 1. The minimum absolute atomic E-state index is 0.262. The molecule has 3 heterocycles. The Morgan fingerprint density at radius 1 is 1.19 bits per heavy atom. The molecular weight excluding hydrogens is 348 g/mol. The molecule has 0 radical (unpaired) electrons. The molecule has 1 aromatic carbocycles. The van der Waals surface area contributed by atoms with E-state index in [2.05, 4.69) is 15.0 Å². The Labute approximate surface area is 153 Å². The van der Waals surface area contributed by atoms with Gasteiger partial charge in [-0.3, -0.25) is 14.3 Å². The van der Waals surface area contributed by atoms with Crippen molar-refractivity contribution in [3.05, 3.63) is 75.7 Å². The summed E-state index contributed by atoms with van der Waals surface area (Å²) in [6, 6.07) is 6.97. The minimum Gasteiger partial charge on any atom is -0.496 e. The van der Waals surface area contributed by atoms with Crippen LogP contribution in [0.1, 0.15) is 5.56 Å². The van der Waals surface area contributed by atoms with Crippen LogP contribution in [0.25, 0.3) is 22.2 Å². The van der Waals surface area contributed by atoms with Gasteiger partial charge in [-0.25, -0.2) is 9.78 Å². The highest BCUT2D eigenvalue weighted by Crippen LogP contribution is 2.32. The summed E-state index contributed by atoms with van der Waals surface area (Å²) in [4.78, 5) is 36.0. The van der Waals surface area contributed by atoms with Gasteiger partial charge in [0.2, 0.25) is 0 Å². The number of hydrogen-bond donors (Lipinski definition) is 1. The van der Waals surface area contributed by atoms with Crippen molar-refractivity contribution in [2.45, 2.75) is 13.0 Å². The van der Waals surface area contributed by atoms with Crippen LogP contribution in [0.3, 0.4) is 0 Å². The summed E-state index contributed by atoms with van der Waals surface area (Å²) in [6.07, 6.45) is 6.75. The molecule has 27 heavy (non-hydrogen) atoms. The van der Waals surface area contributed by atoms with Gasteiger partial charge in [0.05, 0.1) is 29.8 Å². The van der Waals surface area contributed by atoms with E-state index in [1.54, 1.807) is 24.5 Å². The quantitative estimate of drug-likeness (QED) is 0.581. The second-order valence-corrected chi connectivity index (χ2v) is 5.96. The van der Waals surface area contributed by atoms with Crippen LogP contribution in [0.4, 0.5) is 0 Å². The van der Waals surface area contributed by atoms with Gasteiger partial charge >= 0.3 is 5.69 Å². The second-order valence-electron chi connectivity index (χ2n) is 5.96. The predicted octanol–water partition coefficient (Wildman–Crippen LogP) is 1.99. The van der Waals surface area contributed by atoms with Crippen LogP contribution in [0, 0.1) is 0 Å². The van der Waals surface area contributed by atoms with Crippen LogP contribution in [-0.4, -0.2) is 26.6 Å². The molecule has 0 aliphatic carbocycles. The van der Waals surface area contributed by atoms with E-state index in [4.69, 9.17) is 9.15 Å². The molecule has 8 nitrogen and oxygen atoms in total. The minimum atomic E-state index is -0.462. The van der Waals surface area contributed by atoms with Crippen LogP contribution >= 0.6 is 0 Å². The van der Waals surface area contributed by atoms with E-state index in [1.807, 2.05) is 12.1 Å². The standard InChI is InChI=1S/C19H16N4O4/c1-26-16-9-15-13(8-14(16)17-10-21-11-27-17)18(24)23(19(25)22-15)7-4-12-2-5-20-6-3-12/h2-3,5-6,8-11H,4,7H2,1H3,(H,22,25). The first-order valence-electron chi connectivity index (χ1n) is 8.30. The van der Waals surface area contributed by atoms with Crippen LogP contribution in [0.2, 0.25) is 0 Å². The largest absolute Gasteiger partial charge is 0.496 e. The fourth-order valence-electron chi connectivity index (χ4n) is 2.98. The molecule has 8 heteroatoms. The summed E-state index contributed by atoms with van der Waals surface area (Å²) < 4.78 is 11.9. The molecule has 0 unspecified atom stereocenters. The Morgan fingerprint density at radius 2 is 2.00 bits per heavy atom. The van der Waals surface area contributed by atoms with E-state index >= 15 is 0 Å². The van der Waals surface area contributed by atoms with E-state index in [0.717, 1.165) is 5.56 Å². The lowest BCUT2D eigenvalue weighted by atomic mass is 10.1. The summed E-state index contributed by atoms with van der Waals surface area (Å²) in [5.41, 5.74) is 1.16. The highest BCUT2D eigenvalue weighted by molar-refractivity contribution is 5.86. The molecule has 0 fully saturated rings. The summed E-state index contributed by atoms with van der Waals surface area (Å²) in [7, 11) is 1.51. The van der Waals surface area contributed by atoms with Gasteiger partial charge in [0.15, 0.2) is 12.2 Å². The number of fused-ring (bicyclic) bond motifs is 1. The molecular formula is C19H16N4O4. The smallest absolute Gasteiger partial charge is 0.328 e. The number of aryl methyl sites for hydroxylation is 1. The number of aromatic nitrogens is 4. The molecule has 0 aliphatic heterocycles. The lowest BCUT2D eigenvalue weighted by Crippen LogP contribution is -2.35. The van der Waals surface area contributed by atoms with Gasteiger partial charge in [0.1, 0.15) is 5.75 Å². The highest BCUT2D eigenvalue weighted by atomic mass is 16.5. The number of ether oxygens (including phenoxy) is 1. The van der Waals surface area contributed by atoms with Gasteiger partial charge < -0.3 is 14.1 Å². The summed E-state index contributed by atoms with van der Waals surface area (Å²) in [6.45, 7) is 0.262. The third-order valence-electron chi connectivity index (χ3n) is 4.37. The van der Waals surface area contributed by atoms with Gasteiger partial charge in [-0.1, -0.05) is 0 Å². The second kappa shape index (κ2) is 6.91. The van der Waals surface area contributed by atoms with E-state index in [-0.39, 0.29) is 12.1 Å². The predicted molar refractivity (Wildman–Crippen MR) is 98.8 cm³/mol. The third kappa shape index (κ3) is 3.12. The first kappa shape index (κ1) is 16.8. The first-order chi connectivity index (χ1) is 13.2. The number of rotatable bonds is 5. The number of nitrogens with zero attached hydrogens (tertiary/aromatic N) is 3. The van der Waals surface area contributed by atoms with E-state index in [1.165, 1.54) is 24.3 Å². The Hall–Kier alpha value is -3.68. The van der Waals surface area contributed by atoms with E-state index in [9.17, 15) is 9.59 Å². The van der Waals surface area contributed by atoms with Gasteiger partial charge in [-0.15, -0.1) is 0 Å². The summed E-state index contributed by atoms with van der Waals surface area (Å²) >= 11 is 0. The topological polar surface area (TPSA) is 103 Å². The first-order valence-corrected chi connectivity index (χ1v) is 8.30. The summed E-state index contributed by atoms with van der Waals surface area (Å²) in [5, 5.41) is 0.372. The molecule has 0 amide bonds. The van der Waals surface area contributed by atoms with E-state index < -0.39 is 5.69 Å². The maximum atomic E-state index is 12.9. The Bertz CT molecular complexity index is 1190. The molecule has 3 aromatic heterocycles. The van der Waals surface area contributed by atoms with Gasteiger partial charge in [-0.05, 0) is 30.2 Å². The lowest BCUT2D eigenvalue weighted by molar-refractivity contribution is 0.415. The van der Waals surface area contributed by atoms with Crippen molar-refractivity contribution in [1.82, 2.24) is 19.5 Å². The Morgan fingerprint density at radius 3 is 2.70 bits per heavy atom. The fourth-order valence-corrected chi connectivity index (χ4v) is 2.98. The Kier molecular flexibility index (Phi) is 4.29. The monoisotopic (exact) mass is 364 g/mol. The number of nitrogens with one attached hydrogen (secondary N) is 1. The number of oxazole rings is 1. The van der Waals surface area contributed by atoms with Crippen LogP contribution in [0.5, 0.6) is 5.75 Å². The van der Waals surface area contributed by atoms with Crippen LogP contribution in [-0.2, 0) is 13.0 Å². The summed E-state index contributed by atoms with van der Waals surface area (Å²) in [5.74, 6) is 0.950. The Balaban J connectivity index is 1.82. The number of pyridine rings is 1. The maximum Gasteiger partial charge on any atom is 0.328 e. The van der Waals surface area contributed by atoms with Crippen molar-refractivity contribution in [2.24, 2.45) is 0 Å². The molecule has 0 saturated heterocycles. The molecule has 0 atom stereocenters. The van der Waals surface area contributed by atoms with Crippen LogP contribution < -0.4 is 16.0 Å². The number of hydrogen-bond acceptors (Lipinski definition) is 6. The van der Waals surface area contributed by atoms with Gasteiger partial charge in [0.25, 0.3) is 5.56 Å². The molecule has 136 valence electrons. The zero-order valence-corrected chi connectivity index (χ0v) is 14.5. The molecule has 0 bridgehead atoms. The zero-order valence-electron chi connectivity index (χ0n) is 14.5. The average molecular weight is 364 g/mol. The van der Waals surface area contributed by atoms with Crippen molar-refractivity contribution in [3.8, 4) is 17.1 Å². The fraction of sp³-hybridized carbons (Fsp3) is 0.158. The van der Waals surface area contributed by atoms with Crippen molar-refractivity contribution in [1.29, 1.82) is 0 Å². The molecule has 0 aliphatic rings. The molecule has 0 saturated carbocycles. The number of methoxy groups -OCH3 is 1. The molecule has 4 rings (SSSR count). The molecule has 1 N–H and O–H groups in total. The van der Waals surface area contributed by atoms with Crippen molar-refractivity contribution in [2.75, 3.05) is 7.11 Å². The maximum absolute atomic E-state index is 12.9. The average Bonchev–Trinajstić information content (AvgIpc) is 3.22. The number of aromatic amines is 1. The van der Waals surface area contributed by atoms with Crippen molar-refractivity contribution < 1.29 is 9.15 Å². The molecule has 4 aromatic rings.